The smallest absolute Gasteiger partial charge is 0.345 e. The van der Waals surface area contributed by atoms with Gasteiger partial charge in [-0.25, -0.2) is 4.79 Å². The van der Waals surface area contributed by atoms with E-state index in [0.717, 1.165) is 22.5 Å². The zero-order valence-corrected chi connectivity index (χ0v) is 11.8. The van der Waals surface area contributed by atoms with Crippen LogP contribution in [0.25, 0.3) is 11.1 Å². The van der Waals surface area contributed by atoms with E-state index in [1.807, 2.05) is 54.6 Å². The maximum Gasteiger partial charge on any atom is 0.345 e. The molecule has 3 aromatic rings. The number of carboxylic acids is 1. The maximum atomic E-state index is 10.9. The molecule has 0 aliphatic carbocycles. The lowest BCUT2D eigenvalue weighted by Crippen LogP contribution is -1.89. The highest BCUT2D eigenvalue weighted by Gasteiger charge is 2.11. The molecule has 0 aliphatic heterocycles. The van der Waals surface area contributed by atoms with E-state index in [0.29, 0.717) is 10.8 Å². The van der Waals surface area contributed by atoms with Crippen LogP contribution in [0.4, 0.5) is 0 Å². The lowest BCUT2D eigenvalue weighted by molar-refractivity contribution is 0.0702. The summed E-state index contributed by atoms with van der Waals surface area (Å²) in [5.74, 6) is -0.228. The van der Waals surface area contributed by atoms with E-state index in [2.05, 4.69) is 0 Å². The van der Waals surface area contributed by atoms with Crippen LogP contribution in [0.5, 0.6) is 10.8 Å². The van der Waals surface area contributed by atoms with Crippen molar-refractivity contribution in [3.63, 3.8) is 0 Å². The van der Waals surface area contributed by atoms with E-state index in [9.17, 15) is 4.79 Å². The number of carboxylic acid groups (broad SMARTS) is 1. The summed E-state index contributed by atoms with van der Waals surface area (Å²) in [6.45, 7) is 0. The third kappa shape index (κ3) is 2.95. The Kier molecular flexibility index (Phi) is 3.71. The summed E-state index contributed by atoms with van der Waals surface area (Å²) in [6, 6.07) is 20.9. The normalized spacial score (nSPS) is 10.3. The zero-order chi connectivity index (χ0) is 14.7. The molecule has 0 atom stereocenters. The van der Waals surface area contributed by atoms with E-state index in [-0.39, 0.29) is 4.88 Å². The van der Waals surface area contributed by atoms with Crippen molar-refractivity contribution in [1.29, 1.82) is 0 Å². The molecule has 0 radical (unpaired) electrons. The van der Waals surface area contributed by atoms with Crippen LogP contribution in [-0.4, -0.2) is 11.1 Å². The fourth-order valence-electron chi connectivity index (χ4n) is 2.01. The summed E-state index contributed by atoms with van der Waals surface area (Å²) >= 11 is 1.12. The second-order valence-corrected chi connectivity index (χ2v) is 5.43. The molecule has 2 aromatic carbocycles. The van der Waals surface area contributed by atoms with E-state index < -0.39 is 5.97 Å². The lowest BCUT2D eigenvalue weighted by Gasteiger charge is -2.09. The number of hydrogen-bond acceptors (Lipinski definition) is 3. The highest BCUT2D eigenvalue weighted by Crippen LogP contribution is 2.35. The largest absolute Gasteiger partial charge is 0.477 e. The standard InChI is InChI=1S/C17H12O3S/c18-17(19)15-10-11-16(21-15)20-14-9-5-4-8-13(14)12-6-2-1-3-7-12/h1-11H,(H,18,19). The van der Waals surface area contributed by atoms with Gasteiger partial charge in [0, 0.05) is 5.56 Å². The molecule has 3 rings (SSSR count). The Hall–Kier alpha value is -2.59. The molecule has 0 fully saturated rings. The second-order valence-electron chi connectivity index (χ2n) is 4.39. The minimum absolute atomic E-state index is 0.266. The number of carbonyl (C=O) groups is 1. The van der Waals surface area contributed by atoms with Crippen LogP contribution in [0.15, 0.2) is 66.7 Å². The molecule has 0 saturated heterocycles. The third-order valence-corrected chi connectivity index (χ3v) is 3.93. The monoisotopic (exact) mass is 296 g/mol. The maximum absolute atomic E-state index is 10.9. The van der Waals surface area contributed by atoms with Crippen molar-refractivity contribution in [2.24, 2.45) is 0 Å². The average molecular weight is 296 g/mol. The van der Waals surface area contributed by atoms with Crippen LogP contribution in [-0.2, 0) is 0 Å². The molecular formula is C17H12O3S. The summed E-state index contributed by atoms with van der Waals surface area (Å²) < 4.78 is 5.85. The van der Waals surface area contributed by atoms with E-state index in [4.69, 9.17) is 9.84 Å². The Morgan fingerprint density at radius 2 is 1.62 bits per heavy atom. The summed E-state index contributed by atoms with van der Waals surface area (Å²) in [4.78, 5) is 11.2. The van der Waals surface area contributed by atoms with E-state index in [1.165, 1.54) is 0 Å². The SMILES string of the molecule is O=C(O)c1ccc(Oc2ccccc2-c2ccccc2)s1. The van der Waals surface area contributed by atoms with Crippen molar-refractivity contribution in [3.05, 3.63) is 71.6 Å². The van der Waals surface area contributed by atoms with E-state index in [1.54, 1.807) is 12.1 Å². The van der Waals surface area contributed by atoms with Crippen LogP contribution < -0.4 is 4.74 Å². The molecule has 1 heterocycles. The fraction of sp³-hybridized carbons (Fsp3) is 0. The molecule has 0 unspecified atom stereocenters. The molecular weight excluding hydrogens is 284 g/mol. The van der Waals surface area contributed by atoms with Gasteiger partial charge in [0.25, 0.3) is 0 Å². The molecule has 0 amide bonds. The number of ether oxygens (including phenoxy) is 1. The number of aromatic carboxylic acids is 1. The molecule has 3 nitrogen and oxygen atoms in total. The lowest BCUT2D eigenvalue weighted by atomic mass is 10.1. The Morgan fingerprint density at radius 3 is 2.33 bits per heavy atom. The minimum Gasteiger partial charge on any atom is -0.477 e. The van der Waals surface area contributed by atoms with Gasteiger partial charge in [-0.1, -0.05) is 59.9 Å². The molecule has 0 saturated carbocycles. The average Bonchev–Trinajstić information content (AvgIpc) is 2.98. The first-order valence-electron chi connectivity index (χ1n) is 6.39. The molecule has 4 heteroatoms. The van der Waals surface area contributed by atoms with Gasteiger partial charge in [0.05, 0.1) is 0 Å². The summed E-state index contributed by atoms with van der Waals surface area (Å²) in [5, 5.41) is 9.52. The van der Waals surface area contributed by atoms with Crippen molar-refractivity contribution < 1.29 is 14.6 Å². The molecule has 1 N–H and O–H groups in total. The van der Waals surface area contributed by atoms with Gasteiger partial charge in [-0.2, -0.15) is 0 Å². The first kappa shape index (κ1) is 13.4. The summed E-state index contributed by atoms with van der Waals surface area (Å²) in [6.07, 6.45) is 0. The van der Waals surface area contributed by atoms with Gasteiger partial charge in [0.15, 0.2) is 5.06 Å². The molecule has 0 bridgehead atoms. The zero-order valence-electron chi connectivity index (χ0n) is 11.0. The first-order valence-corrected chi connectivity index (χ1v) is 7.21. The van der Waals surface area contributed by atoms with Crippen molar-refractivity contribution in [1.82, 2.24) is 0 Å². The fourth-order valence-corrected chi connectivity index (χ4v) is 2.72. The highest BCUT2D eigenvalue weighted by atomic mass is 32.1. The number of thiophene rings is 1. The van der Waals surface area contributed by atoms with Crippen LogP contribution in [0.1, 0.15) is 9.67 Å². The molecule has 0 spiro atoms. The van der Waals surface area contributed by atoms with E-state index >= 15 is 0 Å². The predicted octanol–water partition coefficient (Wildman–Crippen LogP) is 4.91. The molecule has 1 aromatic heterocycles. The quantitative estimate of drug-likeness (QED) is 0.744. The number of hydrogen-bond donors (Lipinski definition) is 1. The number of rotatable bonds is 4. The van der Waals surface area contributed by atoms with Gasteiger partial charge in [-0.05, 0) is 23.8 Å². The van der Waals surface area contributed by atoms with Crippen LogP contribution in [0.3, 0.4) is 0 Å². The Labute approximate surface area is 126 Å². The number of benzene rings is 2. The van der Waals surface area contributed by atoms with Crippen LogP contribution in [0.2, 0.25) is 0 Å². The summed E-state index contributed by atoms with van der Waals surface area (Å²) in [5.41, 5.74) is 2.03. The van der Waals surface area contributed by atoms with Crippen LogP contribution >= 0.6 is 11.3 Å². The van der Waals surface area contributed by atoms with Crippen molar-refractivity contribution in [2.45, 2.75) is 0 Å². The topological polar surface area (TPSA) is 46.5 Å². The molecule has 0 aliphatic rings. The van der Waals surface area contributed by atoms with Crippen molar-refractivity contribution in [3.8, 4) is 21.9 Å². The van der Waals surface area contributed by atoms with Crippen LogP contribution in [0, 0.1) is 0 Å². The number of para-hydroxylation sites is 1. The Balaban J connectivity index is 1.94. The predicted molar refractivity (Wildman–Crippen MR) is 83.2 cm³/mol. The minimum atomic E-state index is -0.939. The Morgan fingerprint density at radius 1 is 0.905 bits per heavy atom. The third-order valence-electron chi connectivity index (χ3n) is 2.97. The van der Waals surface area contributed by atoms with Crippen molar-refractivity contribution >= 4 is 17.3 Å². The van der Waals surface area contributed by atoms with Gasteiger partial charge in [-0.3, -0.25) is 0 Å². The van der Waals surface area contributed by atoms with Gasteiger partial charge in [0.1, 0.15) is 10.6 Å². The second kappa shape index (κ2) is 5.81. The molecule has 21 heavy (non-hydrogen) atoms. The first-order chi connectivity index (χ1) is 10.2. The Bertz CT molecular complexity index is 762. The van der Waals surface area contributed by atoms with Gasteiger partial charge >= 0.3 is 5.97 Å². The molecule has 104 valence electrons. The van der Waals surface area contributed by atoms with Gasteiger partial charge < -0.3 is 9.84 Å². The highest BCUT2D eigenvalue weighted by molar-refractivity contribution is 7.15. The summed E-state index contributed by atoms with van der Waals surface area (Å²) in [7, 11) is 0. The van der Waals surface area contributed by atoms with Gasteiger partial charge in [-0.15, -0.1) is 0 Å². The van der Waals surface area contributed by atoms with Crippen molar-refractivity contribution in [2.75, 3.05) is 0 Å². The van der Waals surface area contributed by atoms with Gasteiger partial charge in [0.2, 0.25) is 0 Å².